The number of sulfone groups is 1. The number of rotatable bonds is 5. The minimum atomic E-state index is -2.91. The second-order valence-electron chi connectivity index (χ2n) is 6.58. The van der Waals surface area contributed by atoms with Crippen LogP contribution in [0.1, 0.15) is 36.5 Å². The summed E-state index contributed by atoms with van der Waals surface area (Å²) < 4.78 is 22.8. The molecule has 0 spiro atoms. The maximum absolute atomic E-state index is 12.0. The molecule has 1 heterocycles. The summed E-state index contributed by atoms with van der Waals surface area (Å²) in [6, 6.07) is 6.39. The average Bonchev–Trinajstić information content (AvgIpc) is 2.71. The largest absolute Gasteiger partial charge is 0.353 e. The van der Waals surface area contributed by atoms with E-state index in [1.54, 1.807) is 0 Å². The van der Waals surface area contributed by atoms with Crippen LogP contribution < -0.4 is 5.32 Å². The highest BCUT2D eigenvalue weighted by Gasteiger charge is 2.29. The topological polar surface area (TPSA) is 63.2 Å². The molecule has 0 aliphatic carbocycles. The molecule has 0 aromatic heterocycles. The standard InChI is InChI=1S/C17H25NO3S/c1-12-4-5-16(13(2)8-12)9-14(3)18-17(19)10-15-6-7-22(20,21)11-15/h4-5,8,14-15H,6-7,9-11H2,1-3H3,(H,18,19)/t14-,15+/m0/s1. The van der Waals surface area contributed by atoms with E-state index in [0.29, 0.717) is 12.8 Å². The number of aryl methyl sites for hydroxylation is 2. The van der Waals surface area contributed by atoms with E-state index in [2.05, 4.69) is 37.4 Å². The molecule has 4 nitrogen and oxygen atoms in total. The first kappa shape index (κ1) is 17.0. The van der Waals surface area contributed by atoms with Gasteiger partial charge < -0.3 is 5.32 Å². The van der Waals surface area contributed by atoms with Crippen LogP contribution in [0.15, 0.2) is 18.2 Å². The average molecular weight is 323 g/mol. The number of carbonyl (C=O) groups is 1. The third-order valence-corrected chi connectivity index (χ3v) is 6.07. The van der Waals surface area contributed by atoms with Crippen molar-refractivity contribution in [2.45, 2.75) is 46.1 Å². The van der Waals surface area contributed by atoms with E-state index in [4.69, 9.17) is 0 Å². The fourth-order valence-corrected chi connectivity index (χ4v) is 4.95. The summed E-state index contributed by atoms with van der Waals surface area (Å²) in [6.07, 6.45) is 1.72. The van der Waals surface area contributed by atoms with Crippen molar-refractivity contribution in [1.29, 1.82) is 0 Å². The minimum absolute atomic E-state index is 0.0155. The SMILES string of the molecule is Cc1ccc(C[C@H](C)NC(=O)C[C@H]2CCS(=O)(=O)C2)c(C)c1. The van der Waals surface area contributed by atoms with Crippen molar-refractivity contribution < 1.29 is 13.2 Å². The van der Waals surface area contributed by atoms with Gasteiger partial charge in [0.05, 0.1) is 11.5 Å². The Kier molecular flexibility index (Phi) is 5.27. The van der Waals surface area contributed by atoms with Crippen LogP contribution in [0.25, 0.3) is 0 Å². The van der Waals surface area contributed by atoms with Crippen LogP contribution in [0, 0.1) is 19.8 Å². The van der Waals surface area contributed by atoms with Gasteiger partial charge in [0.1, 0.15) is 0 Å². The van der Waals surface area contributed by atoms with Crippen LogP contribution in [0.4, 0.5) is 0 Å². The minimum Gasteiger partial charge on any atom is -0.353 e. The molecule has 0 bridgehead atoms. The van der Waals surface area contributed by atoms with E-state index in [0.717, 1.165) is 6.42 Å². The number of hydrogen-bond donors (Lipinski definition) is 1. The summed E-state index contributed by atoms with van der Waals surface area (Å²) >= 11 is 0. The Morgan fingerprint density at radius 3 is 2.68 bits per heavy atom. The first-order chi connectivity index (χ1) is 10.2. The molecule has 1 aliphatic heterocycles. The van der Waals surface area contributed by atoms with Crippen LogP contribution in [0.5, 0.6) is 0 Å². The number of nitrogens with one attached hydrogen (secondary N) is 1. The van der Waals surface area contributed by atoms with Gasteiger partial charge >= 0.3 is 0 Å². The fourth-order valence-electron chi connectivity index (χ4n) is 3.08. The quantitative estimate of drug-likeness (QED) is 0.903. The number of amides is 1. The summed E-state index contributed by atoms with van der Waals surface area (Å²) in [7, 11) is -2.91. The molecule has 1 saturated heterocycles. The summed E-state index contributed by atoms with van der Waals surface area (Å²) in [5.41, 5.74) is 3.71. The highest BCUT2D eigenvalue weighted by Crippen LogP contribution is 2.21. The molecule has 1 N–H and O–H groups in total. The van der Waals surface area contributed by atoms with Gasteiger partial charge in [-0.15, -0.1) is 0 Å². The molecule has 0 unspecified atom stereocenters. The molecule has 122 valence electrons. The Morgan fingerprint density at radius 2 is 2.09 bits per heavy atom. The Labute approximate surface area is 133 Å². The predicted molar refractivity (Wildman–Crippen MR) is 88.6 cm³/mol. The first-order valence-corrected chi connectivity index (χ1v) is 9.63. The molecule has 1 fully saturated rings. The first-order valence-electron chi connectivity index (χ1n) is 7.81. The highest BCUT2D eigenvalue weighted by molar-refractivity contribution is 7.91. The molecule has 0 radical (unpaired) electrons. The predicted octanol–water partition coefficient (Wildman–Crippen LogP) is 2.18. The third kappa shape index (κ3) is 4.83. The van der Waals surface area contributed by atoms with Crippen LogP contribution in [-0.4, -0.2) is 31.9 Å². The van der Waals surface area contributed by atoms with Crippen LogP contribution in [0.2, 0.25) is 0 Å². The van der Waals surface area contributed by atoms with Crippen molar-refractivity contribution >= 4 is 15.7 Å². The highest BCUT2D eigenvalue weighted by atomic mass is 32.2. The van der Waals surface area contributed by atoms with Crippen LogP contribution in [-0.2, 0) is 21.1 Å². The zero-order valence-electron chi connectivity index (χ0n) is 13.6. The molecule has 1 aromatic rings. The van der Waals surface area contributed by atoms with Crippen molar-refractivity contribution in [3.05, 3.63) is 34.9 Å². The zero-order valence-corrected chi connectivity index (χ0v) is 14.4. The summed E-state index contributed by atoms with van der Waals surface area (Å²) in [5.74, 6) is 0.326. The molecule has 2 rings (SSSR count). The zero-order chi connectivity index (χ0) is 16.3. The van der Waals surface area contributed by atoms with Crippen molar-refractivity contribution in [3.63, 3.8) is 0 Å². The molecule has 1 amide bonds. The van der Waals surface area contributed by atoms with Crippen molar-refractivity contribution in [1.82, 2.24) is 5.32 Å². The molecular weight excluding hydrogens is 298 g/mol. The van der Waals surface area contributed by atoms with E-state index in [9.17, 15) is 13.2 Å². The smallest absolute Gasteiger partial charge is 0.220 e. The van der Waals surface area contributed by atoms with Crippen molar-refractivity contribution in [2.75, 3.05) is 11.5 Å². The van der Waals surface area contributed by atoms with E-state index in [-0.39, 0.29) is 29.4 Å². The Morgan fingerprint density at radius 1 is 1.36 bits per heavy atom. The van der Waals surface area contributed by atoms with Gasteiger partial charge in [-0.1, -0.05) is 23.8 Å². The Bertz CT molecular complexity index is 652. The monoisotopic (exact) mass is 323 g/mol. The second kappa shape index (κ2) is 6.82. The van der Waals surface area contributed by atoms with E-state index in [1.807, 2.05) is 6.92 Å². The van der Waals surface area contributed by atoms with Gasteiger partial charge in [0.2, 0.25) is 5.91 Å². The Balaban J connectivity index is 1.84. The van der Waals surface area contributed by atoms with Gasteiger partial charge in [-0.25, -0.2) is 8.42 Å². The molecule has 2 atom stereocenters. The summed E-state index contributed by atoms with van der Waals surface area (Å²) in [6.45, 7) is 6.14. The van der Waals surface area contributed by atoms with Gasteiger partial charge in [-0.2, -0.15) is 0 Å². The van der Waals surface area contributed by atoms with Gasteiger partial charge in [0.25, 0.3) is 0 Å². The van der Waals surface area contributed by atoms with Crippen molar-refractivity contribution in [3.8, 4) is 0 Å². The maximum Gasteiger partial charge on any atom is 0.220 e. The lowest BCUT2D eigenvalue weighted by molar-refractivity contribution is -0.122. The third-order valence-electron chi connectivity index (χ3n) is 4.23. The second-order valence-corrected chi connectivity index (χ2v) is 8.80. The molecule has 0 saturated carbocycles. The molecule has 1 aliphatic rings. The number of benzene rings is 1. The molecule has 1 aromatic carbocycles. The lowest BCUT2D eigenvalue weighted by atomic mass is 9.99. The van der Waals surface area contributed by atoms with Gasteiger partial charge in [-0.05, 0) is 50.7 Å². The normalized spacial score (nSPS) is 21.5. The Hall–Kier alpha value is -1.36. The molecule has 5 heteroatoms. The maximum atomic E-state index is 12.0. The van der Waals surface area contributed by atoms with E-state index < -0.39 is 9.84 Å². The van der Waals surface area contributed by atoms with Gasteiger partial charge in [0.15, 0.2) is 9.84 Å². The summed E-state index contributed by atoms with van der Waals surface area (Å²) in [5, 5.41) is 2.99. The lowest BCUT2D eigenvalue weighted by Crippen LogP contribution is -2.35. The number of hydrogen-bond acceptors (Lipinski definition) is 3. The van der Waals surface area contributed by atoms with E-state index >= 15 is 0 Å². The van der Waals surface area contributed by atoms with Crippen molar-refractivity contribution in [2.24, 2.45) is 5.92 Å². The van der Waals surface area contributed by atoms with Gasteiger partial charge in [-0.3, -0.25) is 4.79 Å². The fraction of sp³-hybridized carbons (Fsp3) is 0.588. The van der Waals surface area contributed by atoms with E-state index in [1.165, 1.54) is 16.7 Å². The van der Waals surface area contributed by atoms with Crippen LogP contribution in [0.3, 0.4) is 0 Å². The molecule has 22 heavy (non-hydrogen) atoms. The number of carbonyl (C=O) groups excluding carboxylic acids is 1. The van der Waals surface area contributed by atoms with Gasteiger partial charge in [0, 0.05) is 12.5 Å². The van der Waals surface area contributed by atoms with Crippen LogP contribution >= 0.6 is 0 Å². The molecular formula is C17H25NO3S. The lowest BCUT2D eigenvalue weighted by Gasteiger charge is -2.17. The summed E-state index contributed by atoms with van der Waals surface area (Å²) in [4.78, 5) is 12.0.